The average Bonchev–Trinajstić information content (AvgIpc) is 2.87. The lowest BCUT2D eigenvalue weighted by atomic mass is 9.99. The van der Waals surface area contributed by atoms with Crippen LogP contribution >= 0.6 is 0 Å². The number of aliphatic hydroxyl groups is 1. The molecule has 0 amide bonds. The third-order valence-electron chi connectivity index (χ3n) is 2.95. The van der Waals surface area contributed by atoms with Gasteiger partial charge in [-0.2, -0.15) is 0 Å². The van der Waals surface area contributed by atoms with Gasteiger partial charge < -0.3 is 10.1 Å². The van der Waals surface area contributed by atoms with Crippen LogP contribution in [0.4, 0.5) is 0 Å². The van der Waals surface area contributed by atoms with Gasteiger partial charge in [0.25, 0.3) is 0 Å². The molecule has 0 saturated carbocycles. The lowest BCUT2D eigenvalue weighted by Gasteiger charge is -2.12. The van der Waals surface area contributed by atoms with Crippen LogP contribution in [-0.2, 0) is 0 Å². The predicted octanol–water partition coefficient (Wildman–Crippen LogP) is 2.64. The first-order chi connectivity index (χ1) is 8.36. The lowest BCUT2D eigenvalue weighted by molar-refractivity contribution is 0.222. The fraction of sp³-hybridized carbons (Fsp3) is 0.0714. The molecule has 0 saturated heterocycles. The molecule has 1 atom stereocenters. The Morgan fingerprint density at radius 3 is 2.71 bits per heavy atom. The highest BCUT2D eigenvalue weighted by Gasteiger charge is 2.13. The summed E-state index contributed by atoms with van der Waals surface area (Å²) in [5.41, 5.74) is 2.80. The molecule has 3 heteroatoms. The van der Waals surface area contributed by atoms with Crippen LogP contribution in [0.2, 0.25) is 0 Å². The van der Waals surface area contributed by atoms with Crippen LogP contribution < -0.4 is 0 Å². The second-order valence-electron chi connectivity index (χ2n) is 3.97. The fourth-order valence-corrected chi connectivity index (χ4v) is 2.07. The zero-order valence-electron chi connectivity index (χ0n) is 9.17. The molecule has 3 rings (SSSR count). The number of aromatic amines is 1. The van der Waals surface area contributed by atoms with Crippen LogP contribution in [0, 0.1) is 0 Å². The number of H-pyrrole nitrogens is 1. The fourth-order valence-electron chi connectivity index (χ4n) is 2.07. The van der Waals surface area contributed by atoms with Crippen molar-refractivity contribution in [1.29, 1.82) is 0 Å². The van der Waals surface area contributed by atoms with Gasteiger partial charge in [-0.1, -0.05) is 12.1 Å². The molecule has 1 aromatic carbocycles. The summed E-state index contributed by atoms with van der Waals surface area (Å²) < 4.78 is 0. The van der Waals surface area contributed by atoms with Gasteiger partial charge in [0.2, 0.25) is 0 Å². The van der Waals surface area contributed by atoms with Crippen molar-refractivity contribution in [3.63, 3.8) is 0 Å². The molecule has 2 heterocycles. The Labute approximate surface area is 98.8 Å². The highest BCUT2D eigenvalue weighted by atomic mass is 16.3. The summed E-state index contributed by atoms with van der Waals surface area (Å²) in [7, 11) is 0. The van der Waals surface area contributed by atoms with Gasteiger partial charge in [0.05, 0.1) is 0 Å². The molecule has 1 unspecified atom stereocenters. The summed E-state index contributed by atoms with van der Waals surface area (Å²) >= 11 is 0. The van der Waals surface area contributed by atoms with Crippen LogP contribution in [0.3, 0.4) is 0 Å². The van der Waals surface area contributed by atoms with E-state index in [1.807, 2.05) is 42.6 Å². The quantitative estimate of drug-likeness (QED) is 0.703. The molecular weight excluding hydrogens is 212 g/mol. The van der Waals surface area contributed by atoms with Gasteiger partial charge in [0.1, 0.15) is 6.10 Å². The highest BCUT2D eigenvalue weighted by Crippen LogP contribution is 2.27. The Balaban J connectivity index is 2.13. The maximum absolute atomic E-state index is 10.4. The van der Waals surface area contributed by atoms with E-state index >= 15 is 0 Å². The maximum Gasteiger partial charge on any atom is 0.105 e. The molecule has 84 valence electrons. The predicted molar refractivity (Wildman–Crippen MR) is 66.6 cm³/mol. The molecule has 0 bridgehead atoms. The van der Waals surface area contributed by atoms with Gasteiger partial charge in [-0.25, -0.2) is 0 Å². The number of aliphatic hydroxyl groups excluding tert-OH is 1. The van der Waals surface area contributed by atoms with Crippen LogP contribution in [0.5, 0.6) is 0 Å². The second-order valence-corrected chi connectivity index (χ2v) is 3.97. The number of hydrogen-bond acceptors (Lipinski definition) is 2. The van der Waals surface area contributed by atoms with Gasteiger partial charge in [-0.05, 0) is 35.4 Å². The third-order valence-corrected chi connectivity index (χ3v) is 2.95. The summed E-state index contributed by atoms with van der Waals surface area (Å²) in [6, 6.07) is 11.5. The number of nitrogens with zero attached hydrogens (tertiary/aromatic N) is 1. The van der Waals surface area contributed by atoms with Crippen LogP contribution in [0.1, 0.15) is 17.2 Å². The van der Waals surface area contributed by atoms with Crippen LogP contribution in [-0.4, -0.2) is 15.1 Å². The van der Waals surface area contributed by atoms with Crippen molar-refractivity contribution >= 4 is 10.9 Å². The smallest absolute Gasteiger partial charge is 0.105 e. The monoisotopic (exact) mass is 224 g/mol. The molecule has 0 aliphatic rings. The molecule has 17 heavy (non-hydrogen) atoms. The Morgan fingerprint density at radius 2 is 1.88 bits per heavy atom. The summed E-state index contributed by atoms with van der Waals surface area (Å²) in [6.45, 7) is 0. The number of rotatable bonds is 2. The molecule has 0 fully saturated rings. The highest BCUT2D eigenvalue weighted by molar-refractivity contribution is 5.83. The van der Waals surface area contributed by atoms with Gasteiger partial charge >= 0.3 is 0 Å². The summed E-state index contributed by atoms with van der Waals surface area (Å²) in [5.74, 6) is 0. The van der Waals surface area contributed by atoms with Gasteiger partial charge in [-0.3, -0.25) is 4.98 Å². The summed E-state index contributed by atoms with van der Waals surface area (Å²) in [4.78, 5) is 7.10. The van der Waals surface area contributed by atoms with Crippen molar-refractivity contribution in [3.05, 3.63) is 66.1 Å². The topological polar surface area (TPSA) is 48.9 Å². The SMILES string of the molecule is OC(c1ccncc1)c1cccc2[nH]ccc12. The second kappa shape index (κ2) is 4.03. The van der Waals surface area contributed by atoms with E-state index in [0.717, 1.165) is 22.0 Å². The molecular formula is C14H12N2O. The first kappa shape index (κ1) is 10.1. The largest absolute Gasteiger partial charge is 0.384 e. The van der Waals surface area contributed by atoms with Crippen molar-refractivity contribution in [2.45, 2.75) is 6.10 Å². The van der Waals surface area contributed by atoms with E-state index in [1.165, 1.54) is 0 Å². The molecule has 2 N–H and O–H groups in total. The lowest BCUT2D eigenvalue weighted by Crippen LogP contribution is -1.99. The van der Waals surface area contributed by atoms with E-state index in [-0.39, 0.29) is 0 Å². The first-order valence-corrected chi connectivity index (χ1v) is 5.50. The maximum atomic E-state index is 10.4. The van der Waals surface area contributed by atoms with E-state index < -0.39 is 6.10 Å². The minimum absolute atomic E-state index is 0.613. The first-order valence-electron chi connectivity index (χ1n) is 5.50. The van der Waals surface area contributed by atoms with E-state index in [2.05, 4.69) is 9.97 Å². The Bertz CT molecular complexity index is 631. The molecule has 2 aromatic heterocycles. The number of hydrogen-bond donors (Lipinski definition) is 2. The van der Waals surface area contributed by atoms with Crippen molar-refractivity contribution in [2.75, 3.05) is 0 Å². The van der Waals surface area contributed by atoms with Crippen molar-refractivity contribution in [1.82, 2.24) is 9.97 Å². The van der Waals surface area contributed by atoms with Crippen molar-refractivity contribution in [3.8, 4) is 0 Å². The number of aromatic nitrogens is 2. The molecule has 0 spiro atoms. The zero-order valence-corrected chi connectivity index (χ0v) is 9.17. The summed E-state index contributed by atoms with van der Waals surface area (Å²) in [6.07, 6.45) is 4.65. The number of pyridine rings is 1. The van der Waals surface area contributed by atoms with Crippen LogP contribution in [0.25, 0.3) is 10.9 Å². The zero-order chi connectivity index (χ0) is 11.7. The average molecular weight is 224 g/mol. The Hall–Kier alpha value is -2.13. The van der Waals surface area contributed by atoms with Crippen molar-refractivity contribution in [2.24, 2.45) is 0 Å². The van der Waals surface area contributed by atoms with Gasteiger partial charge in [0, 0.05) is 29.5 Å². The standard InChI is InChI=1S/C14H12N2O/c17-14(10-4-7-15-8-5-10)12-2-1-3-13-11(12)6-9-16-13/h1-9,14,16-17H. The molecule has 0 aliphatic carbocycles. The van der Waals surface area contributed by atoms with Gasteiger partial charge in [-0.15, -0.1) is 0 Å². The molecule has 0 radical (unpaired) electrons. The van der Waals surface area contributed by atoms with E-state index in [9.17, 15) is 5.11 Å². The van der Waals surface area contributed by atoms with E-state index in [1.54, 1.807) is 12.4 Å². The molecule has 3 nitrogen and oxygen atoms in total. The number of nitrogens with one attached hydrogen (secondary N) is 1. The van der Waals surface area contributed by atoms with E-state index in [4.69, 9.17) is 0 Å². The Morgan fingerprint density at radius 1 is 1.06 bits per heavy atom. The third kappa shape index (κ3) is 1.70. The normalized spacial score (nSPS) is 12.8. The minimum Gasteiger partial charge on any atom is -0.384 e. The van der Waals surface area contributed by atoms with Gasteiger partial charge in [0.15, 0.2) is 0 Å². The number of fused-ring (bicyclic) bond motifs is 1. The summed E-state index contributed by atoms with van der Waals surface area (Å²) in [5, 5.41) is 11.4. The molecule has 0 aliphatic heterocycles. The van der Waals surface area contributed by atoms with Crippen LogP contribution in [0.15, 0.2) is 55.0 Å². The van der Waals surface area contributed by atoms with Crippen molar-refractivity contribution < 1.29 is 5.11 Å². The number of benzene rings is 1. The van der Waals surface area contributed by atoms with E-state index in [0.29, 0.717) is 0 Å². The molecule has 3 aromatic rings. The Kier molecular flexibility index (Phi) is 2.38. The minimum atomic E-state index is -0.613.